The first kappa shape index (κ1) is 17.7. The molecule has 2 saturated heterocycles. The molecule has 2 amide bonds. The highest BCUT2D eigenvalue weighted by atomic mass is 16.5. The third-order valence-corrected chi connectivity index (χ3v) is 6.69. The second kappa shape index (κ2) is 6.92. The number of ether oxygens (including phenoxy) is 1. The van der Waals surface area contributed by atoms with Crippen LogP contribution in [0.4, 0.5) is 0 Å². The number of aromatic nitrogens is 1. The Labute approximate surface area is 164 Å². The lowest BCUT2D eigenvalue weighted by Gasteiger charge is -2.44. The van der Waals surface area contributed by atoms with E-state index in [1.165, 1.54) is 22.2 Å². The number of piperidine rings is 1. The number of hydrogen-bond donors (Lipinski definition) is 1. The molecule has 2 aromatic rings. The summed E-state index contributed by atoms with van der Waals surface area (Å²) >= 11 is 0. The van der Waals surface area contributed by atoms with E-state index in [1.54, 1.807) is 0 Å². The maximum absolute atomic E-state index is 12.7. The summed E-state index contributed by atoms with van der Waals surface area (Å²) in [6.45, 7) is 3.51. The maximum atomic E-state index is 12.7. The molecule has 0 unspecified atom stereocenters. The predicted molar refractivity (Wildman–Crippen MR) is 106 cm³/mol. The zero-order chi connectivity index (χ0) is 19.1. The van der Waals surface area contributed by atoms with Gasteiger partial charge in [-0.25, -0.2) is 0 Å². The third kappa shape index (κ3) is 2.91. The van der Waals surface area contributed by atoms with Crippen LogP contribution in [0.1, 0.15) is 43.4 Å². The topological polar surface area (TPSA) is 65.6 Å². The second-order valence-corrected chi connectivity index (χ2v) is 8.23. The van der Waals surface area contributed by atoms with Crippen LogP contribution in [0, 0.1) is 0 Å². The number of amides is 2. The van der Waals surface area contributed by atoms with E-state index >= 15 is 0 Å². The van der Waals surface area contributed by atoms with Gasteiger partial charge in [0.25, 0.3) is 0 Å². The molecule has 28 heavy (non-hydrogen) atoms. The Hall–Kier alpha value is -2.34. The van der Waals surface area contributed by atoms with Crippen LogP contribution in [-0.2, 0) is 26.3 Å². The van der Waals surface area contributed by atoms with Crippen molar-refractivity contribution in [2.45, 2.75) is 44.1 Å². The fourth-order valence-corrected chi connectivity index (χ4v) is 5.11. The van der Waals surface area contributed by atoms with E-state index in [0.29, 0.717) is 32.5 Å². The third-order valence-electron chi connectivity index (χ3n) is 6.69. The van der Waals surface area contributed by atoms with Gasteiger partial charge >= 0.3 is 0 Å². The molecule has 1 aromatic carbocycles. The molecule has 5 rings (SSSR count). The number of nitrogens with zero attached hydrogens (tertiary/aromatic N) is 2. The first-order valence-corrected chi connectivity index (χ1v) is 10.5. The van der Waals surface area contributed by atoms with Crippen molar-refractivity contribution >= 4 is 22.7 Å². The average molecular weight is 381 g/mol. The fraction of sp³-hybridized carbons (Fsp3) is 0.545. The Morgan fingerprint density at radius 1 is 1.14 bits per heavy atom. The SMILES string of the molecule is O=C1CCCN1CCC(=O)N1CCC2(CC1)OCCc1c2[nH]c2ccccc12. The van der Waals surface area contributed by atoms with E-state index in [9.17, 15) is 9.59 Å². The number of nitrogens with one attached hydrogen (secondary N) is 1. The highest BCUT2D eigenvalue weighted by Gasteiger charge is 2.43. The van der Waals surface area contributed by atoms with Crippen molar-refractivity contribution in [2.75, 3.05) is 32.8 Å². The summed E-state index contributed by atoms with van der Waals surface area (Å²) in [5.74, 6) is 0.342. The van der Waals surface area contributed by atoms with Gasteiger partial charge in [0.05, 0.1) is 12.3 Å². The molecule has 4 heterocycles. The van der Waals surface area contributed by atoms with Gasteiger partial charge in [0.2, 0.25) is 11.8 Å². The van der Waals surface area contributed by atoms with Crippen molar-refractivity contribution in [3.63, 3.8) is 0 Å². The van der Waals surface area contributed by atoms with E-state index in [4.69, 9.17) is 4.74 Å². The molecule has 3 aliphatic rings. The summed E-state index contributed by atoms with van der Waals surface area (Å²) in [5.41, 5.74) is 3.48. The standard InChI is InChI=1S/C22H27N3O3/c26-19-6-3-11-24(19)12-7-20(27)25-13-9-22(10-14-25)21-17(8-15-28-22)16-4-1-2-5-18(16)23-21/h1-2,4-5,23H,3,6-15H2. The lowest BCUT2D eigenvalue weighted by Crippen LogP contribution is -2.48. The molecule has 148 valence electrons. The van der Waals surface area contributed by atoms with Gasteiger partial charge in [-0.15, -0.1) is 0 Å². The lowest BCUT2D eigenvalue weighted by atomic mass is 9.83. The lowest BCUT2D eigenvalue weighted by molar-refractivity contribution is -0.141. The smallest absolute Gasteiger partial charge is 0.224 e. The normalized spacial score (nSPS) is 21.5. The average Bonchev–Trinajstić information content (AvgIpc) is 3.31. The van der Waals surface area contributed by atoms with Crippen LogP contribution in [0.25, 0.3) is 10.9 Å². The molecule has 2 fully saturated rings. The quantitative estimate of drug-likeness (QED) is 0.889. The molecule has 0 atom stereocenters. The van der Waals surface area contributed by atoms with Crippen LogP contribution in [0.15, 0.2) is 24.3 Å². The Balaban J connectivity index is 1.27. The minimum absolute atomic E-state index is 0.155. The van der Waals surface area contributed by atoms with Crippen LogP contribution in [-0.4, -0.2) is 59.4 Å². The first-order valence-electron chi connectivity index (χ1n) is 10.5. The van der Waals surface area contributed by atoms with Crippen LogP contribution >= 0.6 is 0 Å². The summed E-state index contributed by atoms with van der Waals surface area (Å²) in [6.07, 6.45) is 4.56. The summed E-state index contributed by atoms with van der Waals surface area (Å²) < 4.78 is 6.32. The summed E-state index contributed by atoms with van der Waals surface area (Å²) in [4.78, 5) is 31.8. The van der Waals surface area contributed by atoms with Crippen LogP contribution < -0.4 is 0 Å². The monoisotopic (exact) mass is 381 g/mol. The number of para-hydroxylation sites is 1. The number of hydrogen-bond acceptors (Lipinski definition) is 3. The Kier molecular flexibility index (Phi) is 4.38. The van der Waals surface area contributed by atoms with E-state index in [1.807, 2.05) is 9.80 Å². The zero-order valence-corrected chi connectivity index (χ0v) is 16.2. The molecule has 0 saturated carbocycles. The van der Waals surface area contributed by atoms with Crippen molar-refractivity contribution in [3.05, 3.63) is 35.5 Å². The van der Waals surface area contributed by atoms with E-state index in [2.05, 4.69) is 29.2 Å². The number of benzene rings is 1. The van der Waals surface area contributed by atoms with Crippen molar-refractivity contribution in [3.8, 4) is 0 Å². The first-order chi connectivity index (χ1) is 13.7. The molecule has 1 aromatic heterocycles. The summed E-state index contributed by atoms with van der Waals surface area (Å²) in [6, 6.07) is 8.46. The van der Waals surface area contributed by atoms with E-state index in [-0.39, 0.29) is 17.4 Å². The molecule has 3 aliphatic heterocycles. The number of carbonyl (C=O) groups is 2. The predicted octanol–water partition coefficient (Wildman–Crippen LogP) is 2.57. The Morgan fingerprint density at radius 2 is 1.96 bits per heavy atom. The fourth-order valence-electron chi connectivity index (χ4n) is 5.11. The summed E-state index contributed by atoms with van der Waals surface area (Å²) in [5, 5.41) is 1.30. The van der Waals surface area contributed by atoms with Gasteiger partial charge in [-0.2, -0.15) is 0 Å². The van der Waals surface area contributed by atoms with Crippen molar-refractivity contribution in [1.29, 1.82) is 0 Å². The maximum Gasteiger partial charge on any atom is 0.224 e. The molecule has 0 radical (unpaired) electrons. The number of H-pyrrole nitrogens is 1. The van der Waals surface area contributed by atoms with Gasteiger partial charge in [0.1, 0.15) is 5.60 Å². The van der Waals surface area contributed by atoms with Gasteiger partial charge in [0.15, 0.2) is 0 Å². The minimum Gasteiger partial charge on any atom is -0.368 e. The molecule has 0 aliphatic carbocycles. The van der Waals surface area contributed by atoms with Gasteiger partial charge in [-0.05, 0) is 37.3 Å². The van der Waals surface area contributed by atoms with Crippen LogP contribution in [0.5, 0.6) is 0 Å². The van der Waals surface area contributed by atoms with Crippen molar-refractivity contribution in [2.24, 2.45) is 0 Å². The molecular weight excluding hydrogens is 354 g/mol. The van der Waals surface area contributed by atoms with Crippen LogP contribution in [0.2, 0.25) is 0 Å². The van der Waals surface area contributed by atoms with E-state index < -0.39 is 0 Å². The number of carbonyl (C=O) groups excluding carboxylic acids is 2. The highest BCUT2D eigenvalue weighted by molar-refractivity contribution is 5.85. The van der Waals surface area contributed by atoms with Gasteiger partial charge in [-0.1, -0.05) is 18.2 Å². The van der Waals surface area contributed by atoms with Gasteiger partial charge in [0, 0.05) is 49.9 Å². The molecule has 1 N–H and O–H groups in total. The zero-order valence-electron chi connectivity index (χ0n) is 16.2. The molecular formula is C22H27N3O3. The van der Waals surface area contributed by atoms with Crippen LogP contribution in [0.3, 0.4) is 0 Å². The number of fused-ring (bicyclic) bond motifs is 4. The molecule has 1 spiro atoms. The molecule has 6 nitrogen and oxygen atoms in total. The minimum atomic E-state index is -0.297. The van der Waals surface area contributed by atoms with E-state index in [0.717, 1.165) is 38.8 Å². The Bertz CT molecular complexity index is 911. The number of aromatic amines is 1. The highest BCUT2D eigenvalue weighted by Crippen LogP contribution is 2.43. The number of likely N-dealkylation sites (tertiary alicyclic amines) is 2. The molecule has 0 bridgehead atoms. The summed E-state index contributed by atoms with van der Waals surface area (Å²) in [7, 11) is 0. The van der Waals surface area contributed by atoms with Crippen molar-refractivity contribution < 1.29 is 14.3 Å². The van der Waals surface area contributed by atoms with Gasteiger partial charge in [-0.3, -0.25) is 9.59 Å². The second-order valence-electron chi connectivity index (χ2n) is 8.23. The Morgan fingerprint density at radius 3 is 2.75 bits per heavy atom. The van der Waals surface area contributed by atoms with Gasteiger partial charge < -0.3 is 19.5 Å². The van der Waals surface area contributed by atoms with Crippen molar-refractivity contribution in [1.82, 2.24) is 14.8 Å². The number of rotatable bonds is 3. The molecule has 6 heteroatoms. The largest absolute Gasteiger partial charge is 0.368 e.